The van der Waals surface area contributed by atoms with Gasteiger partial charge in [-0.05, 0) is 31.9 Å². The summed E-state index contributed by atoms with van der Waals surface area (Å²) in [5, 5.41) is 6.72. The number of carbonyl (C=O) groups excluding carboxylic acids is 1. The summed E-state index contributed by atoms with van der Waals surface area (Å²) >= 11 is 7.81. The average Bonchev–Trinajstić information content (AvgIpc) is 2.93. The van der Waals surface area contributed by atoms with Gasteiger partial charge in [-0.25, -0.2) is 4.98 Å². The summed E-state index contributed by atoms with van der Waals surface area (Å²) in [4.78, 5) is 21.6. The van der Waals surface area contributed by atoms with Gasteiger partial charge in [0.2, 0.25) is 5.91 Å². The number of carbonyl (C=O) groups is 1. The van der Waals surface area contributed by atoms with Crippen molar-refractivity contribution in [2.24, 2.45) is 0 Å². The van der Waals surface area contributed by atoms with Gasteiger partial charge < -0.3 is 15.0 Å². The number of methoxy groups -OCH3 is 1. The molecule has 1 fully saturated rings. The third kappa shape index (κ3) is 5.12. The Balaban J connectivity index is 1.58. The number of hydrogen-bond donors (Lipinski definition) is 1. The first kappa shape index (κ1) is 19.9. The monoisotopic (exact) mass is 408 g/mol. The molecule has 0 radical (unpaired) electrons. The van der Waals surface area contributed by atoms with Crippen molar-refractivity contribution < 1.29 is 9.53 Å². The molecular formula is C19H25ClN4O2S. The van der Waals surface area contributed by atoms with Crippen LogP contribution in [0.25, 0.3) is 0 Å². The number of aromatic nitrogens is 1. The van der Waals surface area contributed by atoms with Gasteiger partial charge in [-0.3, -0.25) is 9.69 Å². The Morgan fingerprint density at radius 2 is 2.11 bits per heavy atom. The molecule has 0 unspecified atom stereocenters. The minimum Gasteiger partial charge on any atom is -0.495 e. The maximum Gasteiger partial charge on any atom is 0.238 e. The lowest BCUT2D eigenvalue weighted by atomic mass is 10.2. The maximum absolute atomic E-state index is 12.5. The number of anilines is 2. The minimum absolute atomic E-state index is 0.0476. The van der Waals surface area contributed by atoms with Crippen molar-refractivity contribution in [3.05, 3.63) is 33.8 Å². The molecule has 1 amide bonds. The summed E-state index contributed by atoms with van der Waals surface area (Å²) < 4.78 is 5.33. The fourth-order valence-corrected chi connectivity index (χ4v) is 4.14. The Morgan fingerprint density at radius 3 is 2.81 bits per heavy atom. The van der Waals surface area contributed by atoms with Gasteiger partial charge in [-0.1, -0.05) is 11.6 Å². The molecule has 1 N–H and O–H groups in total. The first-order valence-electron chi connectivity index (χ1n) is 8.99. The van der Waals surface area contributed by atoms with Crippen LogP contribution < -0.4 is 15.0 Å². The number of hydrogen-bond acceptors (Lipinski definition) is 6. The standard InChI is InChI=1S/C19H25ClN4O2S/c1-13-9-16(17(26-3)10-15(13)20)22-18(25)11-23-5-4-6-24(8-7-23)19-21-14(2)12-27-19/h9-10,12H,4-8,11H2,1-3H3,(H,22,25). The topological polar surface area (TPSA) is 57.7 Å². The summed E-state index contributed by atoms with van der Waals surface area (Å²) in [7, 11) is 1.57. The molecule has 8 heteroatoms. The SMILES string of the molecule is COc1cc(Cl)c(C)cc1NC(=O)CN1CCCN(c2nc(C)cs2)CC1. The predicted octanol–water partition coefficient (Wildman–Crippen LogP) is 3.57. The lowest BCUT2D eigenvalue weighted by Gasteiger charge is -2.21. The van der Waals surface area contributed by atoms with Gasteiger partial charge in [0.05, 0.1) is 25.0 Å². The van der Waals surface area contributed by atoms with Crippen molar-refractivity contribution in [3.8, 4) is 5.75 Å². The molecule has 1 saturated heterocycles. The molecule has 0 saturated carbocycles. The fourth-order valence-electron chi connectivity index (χ4n) is 3.13. The number of amides is 1. The summed E-state index contributed by atoms with van der Waals surface area (Å²) in [5.74, 6) is 0.522. The van der Waals surface area contributed by atoms with E-state index in [1.807, 2.05) is 19.9 Å². The molecule has 1 aromatic heterocycles. The molecule has 1 aromatic carbocycles. The molecule has 3 rings (SSSR count). The molecule has 2 aromatic rings. The van der Waals surface area contributed by atoms with Crippen molar-refractivity contribution in [3.63, 3.8) is 0 Å². The number of nitrogens with one attached hydrogen (secondary N) is 1. The van der Waals surface area contributed by atoms with Crippen molar-refractivity contribution >= 4 is 39.7 Å². The van der Waals surface area contributed by atoms with Crippen LogP contribution >= 0.6 is 22.9 Å². The molecule has 1 aliphatic heterocycles. The molecular weight excluding hydrogens is 384 g/mol. The van der Waals surface area contributed by atoms with Crippen molar-refractivity contribution in [2.45, 2.75) is 20.3 Å². The molecule has 0 spiro atoms. The van der Waals surface area contributed by atoms with Crippen LogP contribution in [0.1, 0.15) is 17.7 Å². The first-order valence-corrected chi connectivity index (χ1v) is 10.3. The number of thiazole rings is 1. The van der Waals surface area contributed by atoms with E-state index in [4.69, 9.17) is 16.3 Å². The summed E-state index contributed by atoms with van der Waals surface area (Å²) in [6.45, 7) is 7.85. The summed E-state index contributed by atoms with van der Waals surface area (Å²) in [6.07, 6.45) is 1.01. The van der Waals surface area contributed by atoms with Gasteiger partial charge in [0.1, 0.15) is 5.75 Å². The van der Waals surface area contributed by atoms with Crippen LogP contribution in [0.2, 0.25) is 5.02 Å². The average molecular weight is 409 g/mol. The van der Waals surface area contributed by atoms with Gasteiger partial charge >= 0.3 is 0 Å². The molecule has 0 atom stereocenters. The number of rotatable bonds is 5. The van der Waals surface area contributed by atoms with Crippen LogP contribution in [0, 0.1) is 13.8 Å². The second-order valence-corrected chi connectivity index (χ2v) is 7.98. The summed E-state index contributed by atoms with van der Waals surface area (Å²) in [5.41, 5.74) is 2.61. The zero-order valence-corrected chi connectivity index (χ0v) is 17.5. The Labute approximate surface area is 169 Å². The smallest absolute Gasteiger partial charge is 0.238 e. The van der Waals surface area contributed by atoms with Gasteiger partial charge in [0.25, 0.3) is 0 Å². The molecule has 2 heterocycles. The van der Waals surface area contributed by atoms with E-state index in [2.05, 4.69) is 25.5 Å². The third-order valence-corrected chi connectivity index (χ3v) is 6.01. The van der Waals surface area contributed by atoms with E-state index < -0.39 is 0 Å². The molecule has 6 nitrogen and oxygen atoms in total. The number of benzene rings is 1. The van der Waals surface area contributed by atoms with Crippen LogP contribution in [-0.2, 0) is 4.79 Å². The van der Waals surface area contributed by atoms with Gasteiger partial charge in [-0.2, -0.15) is 0 Å². The van der Waals surface area contributed by atoms with E-state index >= 15 is 0 Å². The van der Waals surface area contributed by atoms with Gasteiger partial charge in [-0.15, -0.1) is 11.3 Å². The lowest BCUT2D eigenvalue weighted by Crippen LogP contribution is -2.36. The van der Waals surface area contributed by atoms with E-state index in [9.17, 15) is 4.79 Å². The Hall–Kier alpha value is -1.83. The highest BCUT2D eigenvalue weighted by Gasteiger charge is 2.19. The second kappa shape index (κ2) is 8.91. The second-order valence-electron chi connectivity index (χ2n) is 6.74. The molecule has 0 bridgehead atoms. The zero-order valence-electron chi connectivity index (χ0n) is 15.9. The molecule has 27 heavy (non-hydrogen) atoms. The fraction of sp³-hybridized carbons (Fsp3) is 0.474. The summed E-state index contributed by atoms with van der Waals surface area (Å²) in [6, 6.07) is 3.57. The number of ether oxygens (including phenoxy) is 1. The Morgan fingerprint density at radius 1 is 1.30 bits per heavy atom. The minimum atomic E-state index is -0.0476. The molecule has 1 aliphatic rings. The van der Waals surface area contributed by atoms with E-state index in [1.165, 1.54) is 0 Å². The van der Waals surface area contributed by atoms with Crippen molar-refractivity contribution in [1.29, 1.82) is 0 Å². The van der Waals surface area contributed by atoms with E-state index in [1.54, 1.807) is 24.5 Å². The number of aryl methyl sites for hydroxylation is 2. The van der Waals surface area contributed by atoms with Crippen molar-refractivity contribution in [1.82, 2.24) is 9.88 Å². The number of nitrogens with zero attached hydrogens (tertiary/aromatic N) is 3. The normalized spacial score (nSPS) is 15.5. The van der Waals surface area contributed by atoms with Crippen LogP contribution in [-0.4, -0.2) is 55.6 Å². The Kier molecular flexibility index (Phi) is 6.57. The van der Waals surface area contributed by atoms with E-state index in [0.717, 1.165) is 49.0 Å². The highest BCUT2D eigenvalue weighted by atomic mass is 35.5. The number of halogens is 1. The molecule has 146 valence electrons. The van der Waals surface area contributed by atoms with Crippen LogP contribution in [0.4, 0.5) is 10.8 Å². The highest BCUT2D eigenvalue weighted by Crippen LogP contribution is 2.31. The van der Waals surface area contributed by atoms with E-state index in [-0.39, 0.29) is 5.91 Å². The van der Waals surface area contributed by atoms with Crippen LogP contribution in [0.15, 0.2) is 17.5 Å². The quantitative estimate of drug-likeness (QED) is 0.819. The van der Waals surface area contributed by atoms with E-state index in [0.29, 0.717) is 23.0 Å². The first-order chi connectivity index (χ1) is 13.0. The van der Waals surface area contributed by atoms with Crippen molar-refractivity contribution in [2.75, 3.05) is 50.1 Å². The third-order valence-electron chi connectivity index (χ3n) is 4.59. The van der Waals surface area contributed by atoms with Gasteiger partial charge in [0, 0.05) is 42.6 Å². The van der Waals surface area contributed by atoms with Gasteiger partial charge in [0.15, 0.2) is 5.13 Å². The highest BCUT2D eigenvalue weighted by molar-refractivity contribution is 7.13. The Bertz CT molecular complexity index is 811. The largest absolute Gasteiger partial charge is 0.495 e. The van der Waals surface area contributed by atoms with Crippen LogP contribution in [0.5, 0.6) is 5.75 Å². The lowest BCUT2D eigenvalue weighted by molar-refractivity contribution is -0.117. The zero-order chi connectivity index (χ0) is 19.4. The maximum atomic E-state index is 12.5. The molecule has 0 aliphatic carbocycles. The predicted molar refractivity (Wildman–Crippen MR) is 111 cm³/mol. The van der Waals surface area contributed by atoms with Crippen LogP contribution in [0.3, 0.4) is 0 Å².